The normalized spacial score (nSPS) is 14.3. The first kappa shape index (κ1) is 24.9. The van der Waals surface area contributed by atoms with Gasteiger partial charge in [0, 0.05) is 49.2 Å². The molecular weight excluding hydrogens is 486 g/mol. The smallest absolute Gasteiger partial charge is 0.242 e. The molecule has 0 spiro atoms. The highest BCUT2D eigenvalue weighted by Gasteiger charge is 2.17. The number of benzene rings is 3. The number of para-hydroxylation sites is 1. The van der Waals surface area contributed by atoms with E-state index >= 15 is 0 Å². The highest BCUT2D eigenvalue weighted by Crippen LogP contribution is 2.29. The molecule has 5 aromatic rings. The second-order valence-corrected chi connectivity index (χ2v) is 9.84. The van der Waals surface area contributed by atoms with E-state index in [2.05, 4.69) is 65.6 Å². The lowest BCUT2D eigenvalue weighted by Crippen LogP contribution is -2.36. The maximum absolute atomic E-state index is 13.5. The average Bonchev–Trinajstić information content (AvgIpc) is 3.37. The summed E-state index contributed by atoms with van der Waals surface area (Å²) in [5.41, 5.74) is 6.62. The van der Waals surface area contributed by atoms with Crippen molar-refractivity contribution in [1.82, 2.24) is 14.5 Å². The van der Waals surface area contributed by atoms with Gasteiger partial charge in [0.1, 0.15) is 18.9 Å². The molecule has 39 heavy (non-hydrogen) atoms. The number of aromatic nitrogens is 2. The monoisotopic (exact) mass is 517 g/mol. The number of amides is 1. The van der Waals surface area contributed by atoms with Crippen molar-refractivity contribution in [3.63, 3.8) is 0 Å². The standard InChI is InChI=1S/C33H31N3O3/c37-33(24-35-14-12-27-7-1-2-9-31(27)35)36-15-16-38-17-18-39-32-11-10-28(29-8-4-13-34-22-29)21-30(32)20-25-5-3-6-26(19-25)23-36/h1-14,19,21-22H,15-18,20,23-24H2. The van der Waals surface area contributed by atoms with Crippen LogP contribution in [0.1, 0.15) is 16.7 Å². The van der Waals surface area contributed by atoms with Crippen molar-refractivity contribution in [3.8, 4) is 16.9 Å². The Labute approximate surface area is 228 Å². The number of hydrogen-bond acceptors (Lipinski definition) is 4. The minimum Gasteiger partial charge on any atom is -0.491 e. The Kier molecular flexibility index (Phi) is 7.36. The third-order valence-corrected chi connectivity index (χ3v) is 7.14. The zero-order valence-corrected chi connectivity index (χ0v) is 21.8. The first-order chi connectivity index (χ1) is 19.2. The van der Waals surface area contributed by atoms with Crippen molar-refractivity contribution < 1.29 is 14.3 Å². The molecule has 6 heteroatoms. The minimum atomic E-state index is 0.0696. The lowest BCUT2D eigenvalue weighted by Gasteiger charge is -2.24. The zero-order chi connectivity index (χ0) is 26.4. The number of fused-ring (bicyclic) bond motifs is 4. The van der Waals surface area contributed by atoms with Crippen molar-refractivity contribution in [2.24, 2.45) is 0 Å². The number of carbonyl (C=O) groups is 1. The second kappa shape index (κ2) is 11.5. The average molecular weight is 518 g/mol. The number of nitrogens with zero attached hydrogens (tertiary/aromatic N) is 3. The summed E-state index contributed by atoms with van der Waals surface area (Å²) in [4.78, 5) is 19.7. The molecule has 2 bridgehead atoms. The predicted molar refractivity (Wildman–Crippen MR) is 153 cm³/mol. The number of pyridine rings is 1. The predicted octanol–water partition coefficient (Wildman–Crippen LogP) is 5.73. The number of carbonyl (C=O) groups excluding carboxylic acids is 1. The molecule has 6 nitrogen and oxygen atoms in total. The van der Waals surface area contributed by atoms with E-state index in [0.29, 0.717) is 39.5 Å². The van der Waals surface area contributed by atoms with Crippen LogP contribution in [0.2, 0.25) is 0 Å². The zero-order valence-electron chi connectivity index (χ0n) is 21.8. The van der Waals surface area contributed by atoms with Crippen molar-refractivity contribution >= 4 is 16.8 Å². The molecule has 0 saturated heterocycles. The lowest BCUT2D eigenvalue weighted by molar-refractivity contribution is -0.133. The Morgan fingerprint density at radius 2 is 1.77 bits per heavy atom. The van der Waals surface area contributed by atoms with E-state index in [-0.39, 0.29) is 5.91 Å². The van der Waals surface area contributed by atoms with E-state index < -0.39 is 0 Å². The van der Waals surface area contributed by atoms with Crippen LogP contribution in [-0.4, -0.2) is 46.7 Å². The highest BCUT2D eigenvalue weighted by atomic mass is 16.5. The highest BCUT2D eigenvalue weighted by molar-refractivity contribution is 5.83. The van der Waals surface area contributed by atoms with Crippen LogP contribution in [0, 0.1) is 0 Å². The van der Waals surface area contributed by atoms with Gasteiger partial charge in [0.15, 0.2) is 0 Å². The van der Waals surface area contributed by atoms with Gasteiger partial charge in [-0.3, -0.25) is 9.78 Å². The number of rotatable bonds is 3. The molecule has 0 N–H and O–H groups in total. The van der Waals surface area contributed by atoms with Gasteiger partial charge in [-0.2, -0.15) is 0 Å². The van der Waals surface area contributed by atoms with E-state index in [9.17, 15) is 4.79 Å². The molecule has 0 aliphatic carbocycles. The van der Waals surface area contributed by atoms with Crippen molar-refractivity contribution in [2.75, 3.05) is 26.4 Å². The fourth-order valence-corrected chi connectivity index (χ4v) is 5.15. The third-order valence-electron chi connectivity index (χ3n) is 7.14. The summed E-state index contributed by atoms with van der Waals surface area (Å²) in [5.74, 6) is 0.935. The Hall–Kier alpha value is -4.42. The minimum absolute atomic E-state index is 0.0696. The van der Waals surface area contributed by atoms with Gasteiger partial charge in [0.25, 0.3) is 0 Å². The molecule has 2 aromatic heterocycles. The summed E-state index contributed by atoms with van der Waals surface area (Å²) in [5, 5.41) is 1.13. The summed E-state index contributed by atoms with van der Waals surface area (Å²) in [6.07, 6.45) is 6.37. The van der Waals surface area contributed by atoms with Gasteiger partial charge in [-0.25, -0.2) is 0 Å². The Bertz CT molecular complexity index is 1580. The fourth-order valence-electron chi connectivity index (χ4n) is 5.15. The first-order valence-corrected chi connectivity index (χ1v) is 13.4. The lowest BCUT2D eigenvalue weighted by atomic mass is 9.98. The molecule has 0 saturated carbocycles. The maximum atomic E-state index is 13.5. The van der Waals surface area contributed by atoms with Crippen LogP contribution in [0.15, 0.2) is 104 Å². The quantitative estimate of drug-likeness (QED) is 0.307. The molecule has 6 rings (SSSR count). The van der Waals surface area contributed by atoms with Gasteiger partial charge in [-0.05, 0) is 58.0 Å². The summed E-state index contributed by atoms with van der Waals surface area (Å²) in [6.45, 7) is 2.71. The van der Waals surface area contributed by atoms with Crippen LogP contribution in [-0.2, 0) is 29.0 Å². The molecular formula is C33H31N3O3. The molecule has 1 amide bonds. The Morgan fingerprint density at radius 3 is 2.69 bits per heavy atom. The summed E-state index contributed by atoms with van der Waals surface area (Å²) in [6, 6.07) is 29.0. The molecule has 0 unspecified atom stereocenters. The largest absolute Gasteiger partial charge is 0.491 e. The Balaban J connectivity index is 1.26. The fraction of sp³-hybridized carbons (Fsp3) is 0.212. The SMILES string of the molecule is O=C(Cn1ccc2ccccc21)N1CCOCCOc2ccc(-c3cccnc3)cc2Cc2cccc(c2)C1. The van der Waals surface area contributed by atoms with Crippen LogP contribution in [0.25, 0.3) is 22.0 Å². The maximum Gasteiger partial charge on any atom is 0.242 e. The van der Waals surface area contributed by atoms with Crippen LogP contribution in [0.3, 0.4) is 0 Å². The van der Waals surface area contributed by atoms with E-state index in [1.165, 1.54) is 5.56 Å². The van der Waals surface area contributed by atoms with E-state index in [0.717, 1.165) is 45.3 Å². The molecule has 1 aliphatic rings. The van der Waals surface area contributed by atoms with Gasteiger partial charge in [-0.15, -0.1) is 0 Å². The molecule has 3 aromatic carbocycles. The Morgan fingerprint density at radius 1 is 0.846 bits per heavy atom. The molecule has 3 heterocycles. The number of hydrogen-bond donors (Lipinski definition) is 0. The van der Waals surface area contributed by atoms with E-state index in [1.54, 1.807) is 6.20 Å². The summed E-state index contributed by atoms with van der Waals surface area (Å²) in [7, 11) is 0. The van der Waals surface area contributed by atoms with Crippen molar-refractivity contribution in [1.29, 1.82) is 0 Å². The first-order valence-electron chi connectivity index (χ1n) is 13.4. The molecule has 0 fully saturated rings. The summed E-state index contributed by atoms with van der Waals surface area (Å²) < 4.78 is 14.1. The van der Waals surface area contributed by atoms with Crippen molar-refractivity contribution in [3.05, 3.63) is 120 Å². The molecule has 0 radical (unpaired) electrons. The van der Waals surface area contributed by atoms with Gasteiger partial charge in [0.05, 0.1) is 13.2 Å². The van der Waals surface area contributed by atoms with Crippen LogP contribution in [0.4, 0.5) is 0 Å². The number of ether oxygens (including phenoxy) is 2. The van der Waals surface area contributed by atoms with E-state index in [4.69, 9.17) is 9.47 Å². The van der Waals surface area contributed by atoms with Gasteiger partial charge in [0.2, 0.25) is 5.91 Å². The topological polar surface area (TPSA) is 56.6 Å². The van der Waals surface area contributed by atoms with Crippen LogP contribution in [0.5, 0.6) is 5.75 Å². The van der Waals surface area contributed by atoms with Gasteiger partial charge >= 0.3 is 0 Å². The molecule has 196 valence electrons. The van der Waals surface area contributed by atoms with Gasteiger partial charge in [-0.1, -0.05) is 54.6 Å². The second-order valence-electron chi connectivity index (χ2n) is 9.84. The van der Waals surface area contributed by atoms with Crippen LogP contribution >= 0.6 is 0 Å². The van der Waals surface area contributed by atoms with E-state index in [1.807, 2.05) is 46.1 Å². The third kappa shape index (κ3) is 5.86. The molecule has 1 aliphatic heterocycles. The van der Waals surface area contributed by atoms with Crippen molar-refractivity contribution in [2.45, 2.75) is 19.5 Å². The van der Waals surface area contributed by atoms with Gasteiger partial charge < -0.3 is 18.9 Å². The summed E-state index contributed by atoms with van der Waals surface area (Å²) >= 11 is 0. The van der Waals surface area contributed by atoms with Crippen LogP contribution < -0.4 is 4.74 Å². The molecule has 0 atom stereocenters.